The van der Waals surface area contributed by atoms with E-state index in [1.807, 2.05) is 0 Å². The third-order valence-electron chi connectivity index (χ3n) is 2.93. The molecule has 11 heavy (non-hydrogen) atoms. The van der Waals surface area contributed by atoms with Crippen LogP contribution < -0.4 is 5.32 Å². The second-order valence-electron chi connectivity index (χ2n) is 3.74. The molecule has 0 radical (unpaired) electrons. The highest BCUT2D eigenvalue weighted by atomic mass is 32.2. The Morgan fingerprint density at radius 2 is 1.91 bits per heavy atom. The van der Waals surface area contributed by atoms with E-state index < -0.39 is 0 Å². The van der Waals surface area contributed by atoms with Crippen molar-refractivity contribution in [1.82, 2.24) is 5.32 Å². The topological polar surface area (TPSA) is 12.0 Å². The predicted octanol–water partition coefficient (Wildman–Crippen LogP) is 2.03. The summed E-state index contributed by atoms with van der Waals surface area (Å²) < 4.78 is 0.712. The quantitative estimate of drug-likeness (QED) is 0.598. The first-order chi connectivity index (χ1) is 5.41. The van der Waals surface area contributed by atoms with E-state index in [-0.39, 0.29) is 0 Å². The number of thioether (sulfide) groups is 1. The fourth-order valence-corrected chi connectivity index (χ4v) is 3.80. The average Bonchev–Trinajstić information content (AvgIpc) is 2.32. The third kappa shape index (κ3) is 1.73. The van der Waals surface area contributed by atoms with Crippen LogP contribution in [0, 0.1) is 0 Å². The van der Waals surface area contributed by atoms with Crippen molar-refractivity contribution < 1.29 is 0 Å². The summed E-state index contributed by atoms with van der Waals surface area (Å²) in [5, 5.41) is 3.49. The Labute approximate surface area is 73.3 Å². The molecule has 1 unspecified atom stereocenters. The summed E-state index contributed by atoms with van der Waals surface area (Å²) >= 11 is 2.24. The summed E-state index contributed by atoms with van der Waals surface area (Å²) in [5.41, 5.74) is 0. The second-order valence-corrected chi connectivity index (χ2v) is 5.30. The number of nitrogens with one attached hydrogen (secondary N) is 1. The van der Waals surface area contributed by atoms with Crippen LogP contribution in [-0.4, -0.2) is 23.6 Å². The van der Waals surface area contributed by atoms with Gasteiger partial charge in [-0.3, -0.25) is 0 Å². The van der Waals surface area contributed by atoms with Crippen molar-refractivity contribution >= 4 is 11.8 Å². The molecule has 2 aliphatic heterocycles. The van der Waals surface area contributed by atoms with E-state index in [4.69, 9.17) is 0 Å². The van der Waals surface area contributed by atoms with Crippen LogP contribution >= 0.6 is 11.8 Å². The van der Waals surface area contributed by atoms with Crippen LogP contribution in [0.2, 0.25) is 0 Å². The molecule has 1 nitrogen and oxygen atoms in total. The first-order valence-corrected chi connectivity index (χ1v) is 5.75. The van der Waals surface area contributed by atoms with Crippen molar-refractivity contribution in [3.05, 3.63) is 0 Å². The molecule has 0 aromatic heterocycles. The van der Waals surface area contributed by atoms with E-state index >= 15 is 0 Å². The van der Waals surface area contributed by atoms with Gasteiger partial charge in [-0.05, 0) is 50.9 Å². The molecule has 1 spiro atoms. The van der Waals surface area contributed by atoms with E-state index in [9.17, 15) is 0 Å². The molecule has 2 heterocycles. The lowest BCUT2D eigenvalue weighted by Crippen LogP contribution is -2.22. The Morgan fingerprint density at radius 3 is 2.73 bits per heavy atom. The van der Waals surface area contributed by atoms with Crippen molar-refractivity contribution in [2.75, 3.05) is 18.8 Å². The molecule has 64 valence electrons. The van der Waals surface area contributed by atoms with E-state index in [0.29, 0.717) is 4.75 Å². The zero-order valence-corrected chi connectivity index (χ0v) is 7.88. The van der Waals surface area contributed by atoms with Gasteiger partial charge < -0.3 is 5.32 Å². The van der Waals surface area contributed by atoms with Crippen LogP contribution in [-0.2, 0) is 0 Å². The molecule has 0 amide bonds. The van der Waals surface area contributed by atoms with Gasteiger partial charge in [0.25, 0.3) is 0 Å². The Kier molecular flexibility index (Phi) is 2.42. The molecule has 2 saturated heterocycles. The Bertz CT molecular complexity index is 120. The molecular weight excluding hydrogens is 154 g/mol. The average molecular weight is 171 g/mol. The van der Waals surface area contributed by atoms with Crippen molar-refractivity contribution in [3.8, 4) is 0 Å². The SMILES string of the molecule is C1CNCCC2(C1)CCCS2. The maximum absolute atomic E-state index is 3.49. The van der Waals surface area contributed by atoms with Crippen LogP contribution in [0.1, 0.15) is 32.1 Å². The molecule has 0 aromatic carbocycles. The molecule has 2 fully saturated rings. The minimum atomic E-state index is 0.712. The van der Waals surface area contributed by atoms with Gasteiger partial charge in [-0.25, -0.2) is 0 Å². The van der Waals surface area contributed by atoms with Crippen molar-refractivity contribution in [1.29, 1.82) is 0 Å². The maximum Gasteiger partial charge on any atom is 0.0172 e. The lowest BCUT2D eigenvalue weighted by Gasteiger charge is -2.25. The lowest BCUT2D eigenvalue weighted by atomic mass is 9.95. The standard InChI is InChI=1S/C9H17NS/c1-3-9(4-2-8-11-9)5-7-10-6-1/h10H,1-8H2. The monoisotopic (exact) mass is 171 g/mol. The van der Waals surface area contributed by atoms with Crippen LogP contribution in [0.4, 0.5) is 0 Å². The maximum atomic E-state index is 3.49. The number of hydrogen-bond donors (Lipinski definition) is 1. The molecule has 1 N–H and O–H groups in total. The zero-order chi connectivity index (χ0) is 7.57. The highest BCUT2D eigenvalue weighted by molar-refractivity contribution is 8.00. The van der Waals surface area contributed by atoms with E-state index in [1.165, 1.54) is 50.9 Å². The molecule has 0 bridgehead atoms. The molecule has 2 rings (SSSR count). The summed E-state index contributed by atoms with van der Waals surface area (Å²) in [6.07, 6.45) is 7.22. The first kappa shape index (κ1) is 7.93. The molecule has 0 aliphatic carbocycles. The van der Waals surface area contributed by atoms with Crippen LogP contribution in [0.25, 0.3) is 0 Å². The van der Waals surface area contributed by atoms with Gasteiger partial charge in [0.05, 0.1) is 0 Å². The highest BCUT2D eigenvalue weighted by Gasteiger charge is 2.34. The molecule has 2 aliphatic rings. The number of hydrogen-bond acceptors (Lipinski definition) is 2. The van der Waals surface area contributed by atoms with Crippen LogP contribution in [0.3, 0.4) is 0 Å². The van der Waals surface area contributed by atoms with E-state index in [0.717, 1.165) is 0 Å². The summed E-state index contributed by atoms with van der Waals surface area (Å²) in [5.74, 6) is 1.42. The summed E-state index contributed by atoms with van der Waals surface area (Å²) in [6.45, 7) is 2.51. The van der Waals surface area contributed by atoms with E-state index in [2.05, 4.69) is 17.1 Å². The Morgan fingerprint density at radius 1 is 1.00 bits per heavy atom. The predicted molar refractivity (Wildman–Crippen MR) is 51.1 cm³/mol. The third-order valence-corrected chi connectivity index (χ3v) is 4.65. The fraction of sp³-hybridized carbons (Fsp3) is 1.00. The van der Waals surface area contributed by atoms with Gasteiger partial charge in [0.15, 0.2) is 0 Å². The molecule has 2 heteroatoms. The van der Waals surface area contributed by atoms with E-state index in [1.54, 1.807) is 0 Å². The van der Waals surface area contributed by atoms with Crippen molar-refractivity contribution in [3.63, 3.8) is 0 Å². The Hall–Kier alpha value is 0.310. The zero-order valence-electron chi connectivity index (χ0n) is 7.07. The van der Waals surface area contributed by atoms with Gasteiger partial charge in [0, 0.05) is 4.75 Å². The Balaban J connectivity index is 1.97. The normalized spacial score (nSPS) is 39.3. The van der Waals surface area contributed by atoms with Crippen LogP contribution in [0.5, 0.6) is 0 Å². The molecule has 0 saturated carbocycles. The lowest BCUT2D eigenvalue weighted by molar-refractivity contribution is 0.505. The minimum Gasteiger partial charge on any atom is -0.317 e. The second kappa shape index (κ2) is 3.36. The van der Waals surface area contributed by atoms with Gasteiger partial charge in [-0.1, -0.05) is 0 Å². The van der Waals surface area contributed by atoms with Crippen molar-refractivity contribution in [2.24, 2.45) is 0 Å². The first-order valence-electron chi connectivity index (χ1n) is 4.76. The molecule has 0 aromatic rings. The number of rotatable bonds is 0. The van der Waals surface area contributed by atoms with Gasteiger partial charge in [0.2, 0.25) is 0 Å². The highest BCUT2D eigenvalue weighted by Crippen LogP contribution is 2.44. The van der Waals surface area contributed by atoms with Crippen LogP contribution in [0.15, 0.2) is 0 Å². The van der Waals surface area contributed by atoms with Gasteiger partial charge in [-0.15, -0.1) is 0 Å². The molecular formula is C9H17NS. The van der Waals surface area contributed by atoms with Crippen molar-refractivity contribution in [2.45, 2.75) is 36.9 Å². The fourth-order valence-electron chi connectivity index (χ4n) is 2.25. The largest absolute Gasteiger partial charge is 0.317 e. The molecule has 1 atom stereocenters. The minimum absolute atomic E-state index is 0.712. The smallest absolute Gasteiger partial charge is 0.0172 e. The van der Waals surface area contributed by atoms with Gasteiger partial charge in [0.1, 0.15) is 0 Å². The summed E-state index contributed by atoms with van der Waals surface area (Å²) in [6, 6.07) is 0. The van der Waals surface area contributed by atoms with Gasteiger partial charge >= 0.3 is 0 Å². The summed E-state index contributed by atoms with van der Waals surface area (Å²) in [7, 11) is 0. The van der Waals surface area contributed by atoms with Gasteiger partial charge in [-0.2, -0.15) is 11.8 Å². The summed E-state index contributed by atoms with van der Waals surface area (Å²) in [4.78, 5) is 0.